The fourth-order valence-corrected chi connectivity index (χ4v) is 7.46. The second-order valence-electron chi connectivity index (χ2n) is 15.3. The molecule has 0 radical (unpaired) electrons. The predicted molar refractivity (Wildman–Crippen MR) is 249 cm³/mol. The summed E-state index contributed by atoms with van der Waals surface area (Å²) in [5, 5.41) is 11.6. The molecule has 62 heavy (non-hydrogen) atoms. The van der Waals surface area contributed by atoms with Gasteiger partial charge in [-0.15, -0.1) is 70.1 Å². The van der Waals surface area contributed by atoms with Gasteiger partial charge in [0, 0.05) is 12.4 Å². The first kappa shape index (κ1) is 44.0. The third kappa shape index (κ3) is 9.23. The fourth-order valence-electron chi connectivity index (χ4n) is 7.46. The molecule has 6 heterocycles. The molecular formula is C54H42N6Pt2. The van der Waals surface area contributed by atoms with Crippen molar-refractivity contribution in [1.29, 1.82) is 0 Å². The molecule has 0 atom stereocenters. The van der Waals surface area contributed by atoms with Crippen LogP contribution in [0.2, 0.25) is 0 Å². The first-order valence-electron chi connectivity index (χ1n) is 20.3. The zero-order valence-electron chi connectivity index (χ0n) is 34.6. The van der Waals surface area contributed by atoms with Crippen LogP contribution in [0.3, 0.4) is 0 Å². The summed E-state index contributed by atoms with van der Waals surface area (Å²) in [7, 11) is 0. The third-order valence-electron chi connectivity index (χ3n) is 10.6. The van der Waals surface area contributed by atoms with Crippen LogP contribution in [0.1, 0.15) is 50.9 Å². The number of hydrogen-bond acceptors (Lipinski definition) is 4. The number of rotatable bonds is 2. The molecule has 0 saturated carbocycles. The number of pyridine rings is 4. The maximum atomic E-state index is 4.60. The van der Waals surface area contributed by atoms with Crippen molar-refractivity contribution in [2.45, 2.75) is 39.5 Å². The molecule has 0 aliphatic heterocycles. The van der Waals surface area contributed by atoms with Crippen LogP contribution in [-0.4, -0.2) is 19.9 Å². The Hall–Kier alpha value is -6.06. The van der Waals surface area contributed by atoms with Gasteiger partial charge in [-0.25, -0.2) is 0 Å². The molecule has 12 rings (SSSR count). The van der Waals surface area contributed by atoms with E-state index in [-0.39, 0.29) is 42.1 Å². The molecule has 6 nitrogen and oxygen atoms in total. The molecule has 0 bridgehead atoms. The molecule has 6 aromatic carbocycles. The Bertz CT molecular complexity index is 3090. The predicted octanol–water partition coefficient (Wildman–Crippen LogP) is 13.3. The van der Waals surface area contributed by atoms with Crippen molar-refractivity contribution in [2.75, 3.05) is 0 Å². The van der Waals surface area contributed by atoms with Crippen LogP contribution < -0.4 is 9.97 Å². The Balaban J connectivity index is 0.000000123. The minimum Gasteiger partial charge on any atom is -0.439 e. The first-order valence-corrected chi connectivity index (χ1v) is 20.3. The summed E-state index contributed by atoms with van der Waals surface area (Å²) in [4.78, 5) is 27.1. The summed E-state index contributed by atoms with van der Waals surface area (Å²) in [6.07, 6.45) is 3.64. The quantitative estimate of drug-likeness (QED) is 0.127. The molecule has 0 N–H and O–H groups in total. The van der Waals surface area contributed by atoms with Crippen molar-refractivity contribution in [3.05, 3.63) is 194 Å². The van der Waals surface area contributed by atoms with Crippen LogP contribution in [-0.2, 0) is 42.1 Å². The van der Waals surface area contributed by atoms with Crippen molar-refractivity contribution < 1.29 is 42.1 Å². The van der Waals surface area contributed by atoms with E-state index in [0.717, 1.165) is 66.3 Å². The van der Waals surface area contributed by atoms with Gasteiger partial charge >= 0.3 is 42.1 Å². The number of para-hydroxylation sites is 2. The summed E-state index contributed by atoms with van der Waals surface area (Å²) < 4.78 is 0. The number of benzene rings is 6. The second kappa shape index (κ2) is 19.8. The van der Waals surface area contributed by atoms with E-state index in [4.69, 9.17) is 0 Å². The van der Waals surface area contributed by atoms with E-state index in [1.807, 2.05) is 85.2 Å². The summed E-state index contributed by atoms with van der Waals surface area (Å²) in [6, 6.07) is 59.8. The van der Waals surface area contributed by atoms with E-state index in [0.29, 0.717) is 11.8 Å². The Kier molecular flexibility index (Phi) is 14.0. The zero-order chi connectivity index (χ0) is 41.0. The third-order valence-corrected chi connectivity index (χ3v) is 10.6. The Morgan fingerprint density at radius 3 is 1.24 bits per heavy atom. The van der Waals surface area contributed by atoms with Gasteiger partial charge in [-0.3, -0.25) is 0 Å². The van der Waals surface area contributed by atoms with E-state index >= 15 is 0 Å². The normalized spacial score (nSPS) is 10.9. The molecule has 0 unspecified atom stereocenters. The SMILES string of the molecule is CC(C)c1ccc2c(n1)[n-]c1ccccc12.CC(C)c1ccc2c(n1)[n-]c1ccccc12.[Pt+2].[Pt+2].[c-]1cccc2ccc3cccnc3c12.[c-]1cccc2ccc3cccnc3c12. The maximum absolute atomic E-state index is 4.60. The number of hydrogen-bond donors (Lipinski definition) is 0. The van der Waals surface area contributed by atoms with Gasteiger partial charge < -0.3 is 29.9 Å². The maximum Gasteiger partial charge on any atom is 2.00 e. The Labute approximate surface area is 389 Å². The van der Waals surface area contributed by atoms with E-state index in [1.165, 1.54) is 32.3 Å². The van der Waals surface area contributed by atoms with Gasteiger partial charge in [0.05, 0.1) is 0 Å². The van der Waals surface area contributed by atoms with Gasteiger partial charge in [-0.2, -0.15) is 0 Å². The van der Waals surface area contributed by atoms with Crippen LogP contribution in [0.5, 0.6) is 0 Å². The molecule has 0 spiro atoms. The van der Waals surface area contributed by atoms with Gasteiger partial charge in [0.2, 0.25) is 0 Å². The summed E-state index contributed by atoms with van der Waals surface area (Å²) in [6.45, 7) is 8.60. The van der Waals surface area contributed by atoms with Crippen LogP contribution in [0.15, 0.2) is 170 Å². The van der Waals surface area contributed by atoms with Crippen LogP contribution >= 0.6 is 0 Å². The molecule has 0 aliphatic carbocycles. The average Bonchev–Trinajstić information content (AvgIpc) is 3.87. The monoisotopic (exact) mass is 1160 g/mol. The largest absolute Gasteiger partial charge is 2.00 e. The summed E-state index contributed by atoms with van der Waals surface area (Å²) >= 11 is 0. The van der Waals surface area contributed by atoms with Crippen molar-refractivity contribution in [2.24, 2.45) is 0 Å². The minimum absolute atomic E-state index is 0. The first-order chi connectivity index (χ1) is 29.4. The molecule has 308 valence electrons. The van der Waals surface area contributed by atoms with E-state index in [9.17, 15) is 0 Å². The van der Waals surface area contributed by atoms with Crippen molar-refractivity contribution in [1.82, 2.24) is 29.9 Å². The topological polar surface area (TPSA) is 79.8 Å². The van der Waals surface area contributed by atoms with E-state index < -0.39 is 0 Å². The molecule has 6 aromatic heterocycles. The Morgan fingerprint density at radius 1 is 0.403 bits per heavy atom. The minimum atomic E-state index is 0. The second-order valence-corrected chi connectivity index (χ2v) is 15.3. The van der Waals surface area contributed by atoms with Crippen molar-refractivity contribution in [3.63, 3.8) is 0 Å². The van der Waals surface area contributed by atoms with E-state index in [1.54, 1.807) is 0 Å². The summed E-state index contributed by atoms with van der Waals surface area (Å²) in [5.41, 5.74) is 8.08. The van der Waals surface area contributed by atoms with Gasteiger partial charge in [-0.1, -0.05) is 160 Å². The molecule has 0 amide bonds. The molecule has 12 aromatic rings. The molecule has 0 saturated heterocycles. The molecule has 8 heteroatoms. The smallest absolute Gasteiger partial charge is 0.439 e. The summed E-state index contributed by atoms with van der Waals surface area (Å²) in [5.74, 6) is 0.897. The standard InChI is InChI=1S/2C14H13N2.2C13H8N.2Pt/c2*1-9(2)12-8-7-11-10-5-3-4-6-13(10)16-14(11)15-12;2*1-2-6-12-10(4-1)7-8-11-5-3-9-14-13(11)12;;/h2*3-9H,1-2H3;2*1-5,7-9H;;/q4*-1;2*+2. The average molecular weight is 1170 g/mol. The van der Waals surface area contributed by atoms with Gasteiger partial charge in [0.15, 0.2) is 0 Å². The number of fused-ring (bicyclic) bond motifs is 12. The van der Waals surface area contributed by atoms with Gasteiger partial charge in [0.1, 0.15) is 0 Å². The van der Waals surface area contributed by atoms with Gasteiger partial charge in [-0.05, 0) is 78.4 Å². The van der Waals surface area contributed by atoms with Crippen molar-refractivity contribution in [3.8, 4) is 0 Å². The van der Waals surface area contributed by atoms with E-state index in [2.05, 4.69) is 155 Å². The van der Waals surface area contributed by atoms with Crippen LogP contribution in [0, 0.1) is 12.1 Å². The zero-order valence-corrected chi connectivity index (χ0v) is 39.2. The van der Waals surface area contributed by atoms with Crippen LogP contribution in [0.4, 0.5) is 0 Å². The van der Waals surface area contributed by atoms with Crippen LogP contribution in [0.25, 0.3) is 87.2 Å². The molecule has 0 aliphatic rings. The van der Waals surface area contributed by atoms with Gasteiger partial charge in [0.25, 0.3) is 0 Å². The molecule has 0 fully saturated rings. The fraction of sp³-hybridized carbons (Fsp3) is 0.111. The molecular weight excluding hydrogens is 1120 g/mol. The van der Waals surface area contributed by atoms with Crippen molar-refractivity contribution >= 4 is 87.2 Å². The number of nitrogens with zero attached hydrogens (tertiary/aromatic N) is 6. The number of aromatic nitrogens is 6. The Morgan fingerprint density at radius 2 is 0.806 bits per heavy atom.